The van der Waals surface area contributed by atoms with E-state index in [9.17, 15) is 4.79 Å². The molecule has 3 heteroatoms. The normalized spacial score (nSPS) is 24.5. The summed E-state index contributed by atoms with van der Waals surface area (Å²) in [4.78, 5) is 14.3. The highest BCUT2D eigenvalue weighted by Crippen LogP contribution is 2.25. The quantitative estimate of drug-likeness (QED) is 0.905. The number of nitrogens with two attached hydrogens (primary N) is 1. The highest BCUT2D eigenvalue weighted by molar-refractivity contribution is 5.77. The molecule has 1 aromatic carbocycles. The summed E-state index contributed by atoms with van der Waals surface area (Å²) in [7, 11) is 0. The second-order valence-corrected chi connectivity index (χ2v) is 5.63. The highest BCUT2D eigenvalue weighted by Gasteiger charge is 2.30. The van der Waals surface area contributed by atoms with Gasteiger partial charge in [0.05, 0.1) is 0 Å². The third kappa shape index (κ3) is 3.35. The van der Waals surface area contributed by atoms with Crippen LogP contribution in [0.4, 0.5) is 0 Å². The van der Waals surface area contributed by atoms with Crippen LogP contribution in [0.2, 0.25) is 0 Å². The van der Waals surface area contributed by atoms with Gasteiger partial charge in [-0.2, -0.15) is 0 Å². The van der Waals surface area contributed by atoms with Crippen LogP contribution < -0.4 is 5.73 Å². The van der Waals surface area contributed by atoms with E-state index in [1.165, 1.54) is 0 Å². The van der Waals surface area contributed by atoms with Gasteiger partial charge in [-0.1, -0.05) is 30.3 Å². The van der Waals surface area contributed by atoms with Gasteiger partial charge in [0.2, 0.25) is 5.91 Å². The van der Waals surface area contributed by atoms with Crippen molar-refractivity contribution in [1.82, 2.24) is 4.90 Å². The first-order valence-electron chi connectivity index (χ1n) is 7.21. The summed E-state index contributed by atoms with van der Waals surface area (Å²) in [5, 5.41) is 0. The smallest absolute Gasteiger partial charge is 0.223 e. The minimum atomic E-state index is -0.0432. The summed E-state index contributed by atoms with van der Waals surface area (Å²) in [5.74, 6) is 0.254. The number of carbonyl (C=O) groups excluding carboxylic acids is 1. The van der Waals surface area contributed by atoms with Crippen LogP contribution in [-0.4, -0.2) is 22.9 Å². The first-order chi connectivity index (χ1) is 9.09. The van der Waals surface area contributed by atoms with E-state index in [2.05, 4.69) is 13.8 Å². The predicted octanol–water partition coefficient (Wildman–Crippen LogP) is 2.87. The lowest BCUT2D eigenvalue weighted by atomic mass is 10.0. The summed E-state index contributed by atoms with van der Waals surface area (Å²) >= 11 is 0. The topological polar surface area (TPSA) is 46.3 Å². The SMILES string of the molecule is C[C@@H]1CC[C@@H](C)N1C(=O)CC[C@H](N)c1ccccc1. The van der Waals surface area contributed by atoms with Crippen LogP contribution in [0.3, 0.4) is 0 Å². The lowest BCUT2D eigenvalue weighted by Crippen LogP contribution is -2.38. The van der Waals surface area contributed by atoms with Crippen molar-refractivity contribution in [2.75, 3.05) is 0 Å². The Bertz CT molecular complexity index is 408. The van der Waals surface area contributed by atoms with Gasteiger partial charge in [0.15, 0.2) is 0 Å². The van der Waals surface area contributed by atoms with Gasteiger partial charge in [-0.3, -0.25) is 4.79 Å². The number of amides is 1. The van der Waals surface area contributed by atoms with E-state index in [1.54, 1.807) is 0 Å². The third-order valence-corrected chi connectivity index (χ3v) is 4.14. The van der Waals surface area contributed by atoms with Gasteiger partial charge in [0.1, 0.15) is 0 Å². The van der Waals surface area contributed by atoms with Crippen LogP contribution in [-0.2, 0) is 4.79 Å². The molecule has 0 aromatic heterocycles. The molecule has 0 aliphatic carbocycles. The number of nitrogens with zero attached hydrogens (tertiary/aromatic N) is 1. The third-order valence-electron chi connectivity index (χ3n) is 4.14. The maximum atomic E-state index is 12.3. The number of rotatable bonds is 4. The van der Waals surface area contributed by atoms with Crippen LogP contribution in [0.15, 0.2) is 30.3 Å². The number of benzene rings is 1. The average molecular weight is 260 g/mol. The predicted molar refractivity (Wildman–Crippen MR) is 77.6 cm³/mol. The Labute approximate surface area is 115 Å². The van der Waals surface area contributed by atoms with E-state index in [4.69, 9.17) is 5.73 Å². The summed E-state index contributed by atoms with van der Waals surface area (Å²) in [6.45, 7) is 4.27. The van der Waals surface area contributed by atoms with Crippen LogP contribution in [0.1, 0.15) is 51.1 Å². The molecule has 1 heterocycles. The monoisotopic (exact) mass is 260 g/mol. The highest BCUT2D eigenvalue weighted by atomic mass is 16.2. The summed E-state index contributed by atoms with van der Waals surface area (Å²) in [6.07, 6.45) is 3.51. The van der Waals surface area contributed by atoms with Crippen molar-refractivity contribution in [2.24, 2.45) is 5.73 Å². The molecule has 0 bridgehead atoms. The lowest BCUT2D eigenvalue weighted by Gasteiger charge is -2.27. The molecule has 104 valence electrons. The van der Waals surface area contributed by atoms with Crippen molar-refractivity contribution in [1.29, 1.82) is 0 Å². The molecule has 0 radical (unpaired) electrons. The summed E-state index contributed by atoms with van der Waals surface area (Å²) in [6, 6.07) is 10.7. The van der Waals surface area contributed by atoms with Crippen LogP contribution >= 0.6 is 0 Å². The second kappa shape index (κ2) is 6.20. The average Bonchev–Trinajstić information content (AvgIpc) is 2.76. The van der Waals surface area contributed by atoms with Crippen molar-refractivity contribution < 1.29 is 4.79 Å². The fraction of sp³-hybridized carbons (Fsp3) is 0.562. The summed E-state index contributed by atoms with van der Waals surface area (Å²) < 4.78 is 0. The van der Waals surface area contributed by atoms with Gasteiger partial charge < -0.3 is 10.6 Å². The Hall–Kier alpha value is -1.35. The Balaban J connectivity index is 1.87. The molecule has 0 saturated carbocycles. The maximum Gasteiger partial charge on any atom is 0.223 e. The van der Waals surface area contributed by atoms with E-state index in [1.807, 2.05) is 35.2 Å². The first-order valence-corrected chi connectivity index (χ1v) is 7.21. The van der Waals surface area contributed by atoms with Crippen molar-refractivity contribution >= 4 is 5.91 Å². The van der Waals surface area contributed by atoms with Crippen molar-refractivity contribution in [3.8, 4) is 0 Å². The molecule has 2 N–H and O–H groups in total. The molecular weight excluding hydrogens is 236 g/mol. The molecule has 1 aliphatic heterocycles. The van der Waals surface area contributed by atoms with E-state index < -0.39 is 0 Å². The molecule has 0 spiro atoms. The molecule has 1 fully saturated rings. The Morgan fingerprint density at radius 3 is 2.42 bits per heavy atom. The molecule has 1 aromatic rings. The molecule has 19 heavy (non-hydrogen) atoms. The maximum absolute atomic E-state index is 12.3. The van der Waals surface area contributed by atoms with E-state index >= 15 is 0 Å². The van der Waals surface area contributed by atoms with Gasteiger partial charge >= 0.3 is 0 Å². The van der Waals surface area contributed by atoms with Gasteiger partial charge in [-0.15, -0.1) is 0 Å². The Kier molecular flexibility index (Phi) is 4.59. The van der Waals surface area contributed by atoms with Gasteiger partial charge in [0, 0.05) is 24.5 Å². The Morgan fingerprint density at radius 2 is 1.84 bits per heavy atom. The lowest BCUT2D eigenvalue weighted by molar-refractivity contribution is -0.133. The fourth-order valence-electron chi connectivity index (χ4n) is 2.96. The van der Waals surface area contributed by atoms with Gasteiger partial charge in [-0.05, 0) is 38.7 Å². The minimum Gasteiger partial charge on any atom is -0.337 e. The Morgan fingerprint density at radius 1 is 1.26 bits per heavy atom. The van der Waals surface area contributed by atoms with Crippen molar-refractivity contribution in [3.63, 3.8) is 0 Å². The van der Waals surface area contributed by atoms with Crippen LogP contribution in [0.5, 0.6) is 0 Å². The molecule has 1 aliphatic rings. The van der Waals surface area contributed by atoms with Crippen LogP contribution in [0.25, 0.3) is 0 Å². The number of hydrogen-bond acceptors (Lipinski definition) is 2. The molecule has 3 nitrogen and oxygen atoms in total. The summed E-state index contributed by atoms with van der Waals surface area (Å²) in [5.41, 5.74) is 7.25. The van der Waals surface area contributed by atoms with Gasteiger partial charge in [0.25, 0.3) is 0 Å². The van der Waals surface area contributed by atoms with E-state index in [0.717, 1.165) is 24.8 Å². The second-order valence-electron chi connectivity index (χ2n) is 5.63. The van der Waals surface area contributed by atoms with Crippen molar-refractivity contribution in [2.45, 2.75) is 57.7 Å². The first kappa shape index (κ1) is 14.1. The van der Waals surface area contributed by atoms with Crippen LogP contribution in [0, 0.1) is 0 Å². The van der Waals surface area contributed by atoms with Crippen molar-refractivity contribution in [3.05, 3.63) is 35.9 Å². The standard InChI is InChI=1S/C16H24N2O/c1-12-8-9-13(2)18(12)16(19)11-10-15(17)14-6-4-3-5-7-14/h3-7,12-13,15H,8-11,17H2,1-2H3/t12-,13-,15+/m1/s1. The minimum absolute atomic E-state index is 0.0432. The fourth-order valence-corrected chi connectivity index (χ4v) is 2.96. The molecule has 1 amide bonds. The van der Waals surface area contributed by atoms with E-state index in [0.29, 0.717) is 18.5 Å². The number of hydrogen-bond donors (Lipinski definition) is 1. The number of carbonyl (C=O) groups is 1. The molecular formula is C16H24N2O. The molecule has 3 atom stereocenters. The largest absolute Gasteiger partial charge is 0.337 e. The molecule has 0 unspecified atom stereocenters. The zero-order chi connectivity index (χ0) is 13.8. The van der Waals surface area contributed by atoms with E-state index in [-0.39, 0.29) is 11.9 Å². The molecule has 2 rings (SSSR count). The van der Waals surface area contributed by atoms with Gasteiger partial charge in [-0.25, -0.2) is 0 Å². The zero-order valence-electron chi connectivity index (χ0n) is 11.9. The zero-order valence-corrected chi connectivity index (χ0v) is 11.9. The molecule has 1 saturated heterocycles. The number of likely N-dealkylation sites (tertiary alicyclic amines) is 1.